The molecular formula is C21H18ClFN2O3. The average Bonchev–Trinajstić information content (AvgIpc) is 2.88. The Kier molecular flexibility index (Phi) is 5.61. The van der Waals surface area contributed by atoms with Crippen LogP contribution in [0.3, 0.4) is 0 Å². The van der Waals surface area contributed by atoms with Gasteiger partial charge in [0.05, 0.1) is 5.02 Å². The fourth-order valence-corrected chi connectivity index (χ4v) is 3.20. The molecule has 7 heteroatoms. The predicted molar refractivity (Wildman–Crippen MR) is 105 cm³/mol. The second-order valence-corrected chi connectivity index (χ2v) is 7.16. The summed E-state index contributed by atoms with van der Waals surface area (Å²) in [7, 11) is 0. The van der Waals surface area contributed by atoms with E-state index >= 15 is 0 Å². The maximum absolute atomic E-state index is 13.2. The maximum atomic E-state index is 13.2. The van der Waals surface area contributed by atoms with Crippen molar-refractivity contribution in [2.45, 2.75) is 18.9 Å². The lowest BCUT2D eigenvalue weighted by Crippen LogP contribution is -2.43. The number of benzene rings is 2. The molecule has 1 heterocycles. The van der Waals surface area contributed by atoms with Crippen molar-refractivity contribution in [1.82, 2.24) is 5.32 Å². The van der Waals surface area contributed by atoms with E-state index in [2.05, 4.69) is 10.6 Å². The van der Waals surface area contributed by atoms with Crippen LogP contribution in [0.2, 0.25) is 5.02 Å². The molecule has 2 aromatic rings. The van der Waals surface area contributed by atoms with Gasteiger partial charge in [-0.05, 0) is 37.1 Å². The van der Waals surface area contributed by atoms with Crippen molar-refractivity contribution < 1.29 is 18.8 Å². The molecule has 1 aliphatic rings. The second kappa shape index (κ2) is 7.94. The van der Waals surface area contributed by atoms with Gasteiger partial charge in [-0.2, -0.15) is 0 Å². The molecule has 3 rings (SSSR count). The zero-order valence-corrected chi connectivity index (χ0v) is 15.8. The third kappa shape index (κ3) is 4.12. The predicted octanol–water partition coefficient (Wildman–Crippen LogP) is 3.59. The van der Waals surface area contributed by atoms with Crippen LogP contribution in [0.5, 0.6) is 0 Å². The van der Waals surface area contributed by atoms with E-state index < -0.39 is 34.9 Å². The Morgan fingerprint density at radius 1 is 1.25 bits per heavy atom. The van der Waals surface area contributed by atoms with E-state index in [9.17, 15) is 18.8 Å². The molecule has 28 heavy (non-hydrogen) atoms. The lowest BCUT2D eigenvalue weighted by molar-refractivity contribution is -0.135. The number of ketones is 1. The number of nitrogens with one attached hydrogen (secondary N) is 2. The van der Waals surface area contributed by atoms with Crippen LogP contribution in [0.15, 0.2) is 54.6 Å². The van der Waals surface area contributed by atoms with Crippen LogP contribution >= 0.6 is 11.6 Å². The summed E-state index contributed by atoms with van der Waals surface area (Å²) in [6, 6.07) is 13.1. The number of amides is 2. The number of anilines is 1. The highest BCUT2D eigenvalue weighted by molar-refractivity contribution is 6.31. The summed E-state index contributed by atoms with van der Waals surface area (Å²) < 4.78 is 13.2. The summed E-state index contributed by atoms with van der Waals surface area (Å²) in [5.41, 5.74) is -0.00918. The molecule has 2 aromatic carbocycles. The zero-order valence-electron chi connectivity index (χ0n) is 15.0. The number of carbonyl (C=O) groups is 3. The fourth-order valence-electron chi connectivity index (χ4n) is 3.02. The third-order valence-corrected chi connectivity index (χ3v) is 4.84. The van der Waals surface area contributed by atoms with Gasteiger partial charge in [0.25, 0.3) is 0 Å². The molecule has 2 N–H and O–H groups in total. The van der Waals surface area contributed by atoms with E-state index in [1.807, 2.05) is 36.4 Å². The molecule has 0 bridgehead atoms. The van der Waals surface area contributed by atoms with Gasteiger partial charge in [-0.25, -0.2) is 4.39 Å². The number of hydrogen-bond acceptors (Lipinski definition) is 3. The largest absolute Gasteiger partial charge is 0.342 e. The number of halogens is 2. The van der Waals surface area contributed by atoms with Crippen molar-refractivity contribution in [3.63, 3.8) is 0 Å². The van der Waals surface area contributed by atoms with Gasteiger partial charge in [-0.3, -0.25) is 14.4 Å². The Labute approximate surface area is 166 Å². The van der Waals surface area contributed by atoms with Gasteiger partial charge < -0.3 is 10.6 Å². The highest BCUT2D eigenvalue weighted by Gasteiger charge is 2.52. The standard InChI is InChI=1S/C21H18ClFN2O3/c1-21(11-5-8-13-6-3-2-4-7-13)18(26)17(20(28)25-21)19(27)24-14-9-10-16(23)15(22)12-14/h2-10,12,17H,11H2,1H3,(H,24,27)(H,25,28). The average molecular weight is 401 g/mol. The van der Waals surface area contributed by atoms with Crippen LogP contribution in [0.4, 0.5) is 10.1 Å². The van der Waals surface area contributed by atoms with Gasteiger partial charge in [0.15, 0.2) is 11.7 Å². The summed E-state index contributed by atoms with van der Waals surface area (Å²) in [5, 5.41) is 4.89. The third-order valence-electron chi connectivity index (χ3n) is 4.55. The van der Waals surface area contributed by atoms with Crippen molar-refractivity contribution in [1.29, 1.82) is 0 Å². The summed E-state index contributed by atoms with van der Waals surface area (Å²) >= 11 is 5.69. The van der Waals surface area contributed by atoms with Crippen LogP contribution in [0.1, 0.15) is 18.9 Å². The monoisotopic (exact) mass is 400 g/mol. The first-order chi connectivity index (χ1) is 13.3. The number of Topliss-reactive ketones (excluding diaryl/α,β-unsaturated/α-hetero) is 1. The molecule has 2 amide bonds. The Morgan fingerprint density at radius 3 is 2.64 bits per heavy atom. The fraction of sp³-hybridized carbons (Fsp3) is 0.190. The minimum atomic E-state index is -1.47. The van der Waals surface area contributed by atoms with Crippen LogP contribution < -0.4 is 10.6 Å². The number of rotatable bonds is 5. The second-order valence-electron chi connectivity index (χ2n) is 6.75. The molecule has 1 saturated heterocycles. The molecule has 1 fully saturated rings. The van der Waals surface area contributed by atoms with Gasteiger partial charge in [0, 0.05) is 5.69 Å². The molecule has 5 nitrogen and oxygen atoms in total. The first-order valence-corrected chi connectivity index (χ1v) is 9.02. The van der Waals surface area contributed by atoms with E-state index in [0.717, 1.165) is 11.6 Å². The molecule has 0 saturated carbocycles. The minimum Gasteiger partial charge on any atom is -0.342 e. The van der Waals surface area contributed by atoms with Crippen molar-refractivity contribution in [3.8, 4) is 0 Å². The Morgan fingerprint density at radius 2 is 1.96 bits per heavy atom. The molecule has 2 atom stereocenters. The number of hydrogen-bond donors (Lipinski definition) is 2. The zero-order chi connectivity index (χ0) is 20.3. The van der Waals surface area contributed by atoms with Crippen molar-refractivity contribution in [3.05, 3.63) is 71.0 Å². The van der Waals surface area contributed by atoms with E-state index in [1.54, 1.807) is 13.0 Å². The Bertz CT molecular complexity index is 961. The topological polar surface area (TPSA) is 75.3 Å². The van der Waals surface area contributed by atoms with Crippen LogP contribution in [0, 0.1) is 11.7 Å². The summed E-state index contributed by atoms with van der Waals surface area (Å²) in [5.74, 6) is -4.06. The summed E-state index contributed by atoms with van der Waals surface area (Å²) in [6.45, 7) is 1.59. The van der Waals surface area contributed by atoms with Gasteiger partial charge >= 0.3 is 0 Å². The highest BCUT2D eigenvalue weighted by atomic mass is 35.5. The smallest absolute Gasteiger partial charge is 0.244 e. The number of carbonyl (C=O) groups excluding carboxylic acids is 3. The Balaban J connectivity index is 1.70. The molecule has 0 radical (unpaired) electrons. The summed E-state index contributed by atoms with van der Waals surface area (Å²) in [6.07, 6.45) is 3.88. The highest BCUT2D eigenvalue weighted by Crippen LogP contribution is 2.27. The van der Waals surface area contributed by atoms with Gasteiger partial charge in [0.2, 0.25) is 11.8 Å². The van der Waals surface area contributed by atoms with Crippen LogP contribution in [0.25, 0.3) is 6.08 Å². The lowest BCUT2D eigenvalue weighted by atomic mass is 9.89. The first-order valence-electron chi connectivity index (χ1n) is 8.64. The van der Waals surface area contributed by atoms with Gasteiger partial charge in [-0.15, -0.1) is 0 Å². The van der Waals surface area contributed by atoms with Gasteiger partial charge in [0.1, 0.15) is 11.4 Å². The lowest BCUT2D eigenvalue weighted by Gasteiger charge is -2.20. The van der Waals surface area contributed by atoms with Crippen LogP contribution in [-0.4, -0.2) is 23.1 Å². The summed E-state index contributed by atoms with van der Waals surface area (Å²) in [4.78, 5) is 37.5. The molecule has 0 aliphatic carbocycles. The molecule has 2 unspecified atom stereocenters. The Hall–Kier alpha value is -2.99. The minimum absolute atomic E-state index is 0.170. The normalized spacial score (nSPS) is 21.8. The van der Waals surface area contributed by atoms with E-state index in [-0.39, 0.29) is 17.1 Å². The quantitative estimate of drug-likeness (QED) is 0.753. The molecule has 0 spiro atoms. The first kappa shape index (κ1) is 19.8. The van der Waals surface area contributed by atoms with Crippen molar-refractivity contribution in [2.75, 3.05) is 5.32 Å². The van der Waals surface area contributed by atoms with E-state index in [4.69, 9.17) is 11.6 Å². The van der Waals surface area contributed by atoms with Crippen molar-refractivity contribution in [2.24, 2.45) is 5.92 Å². The molecule has 144 valence electrons. The SMILES string of the molecule is CC1(CC=Cc2ccccc2)NC(=O)C(C(=O)Nc2ccc(F)c(Cl)c2)C1=O. The van der Waals surface area contributed by atoms with Gasteiger partial charge in [-0.1, -0.05) is 54.1 Å². The van der Waals surface area contributed by atoms with E-state index in [0.29, 0.717) is 0 Å². The maximum Gasteiger partial charge on any atom is 0.244 e. The van der Waals surface area contributed by atoms with E-state index in [1.165, 1.54) is 12.1 Å². The van der Waals surface area contributed by atoms with Crippen LogP contribution in [-0.2, 0) is 14.4 Å². The molecular weight excluding hydrogens is 383 g/mol. The molecule has 0 aromatic heterocycles. The molecule has 1 aliphatic heterocycles. The van der Waals surface area contributed by atoms with Crippen molar-refractivity contribution >= 4 is 41.0 Å².